The van der Waals surface area contributed by atoms with Gasteiger partial charge in [-0.25, -0.2) is 0 Å². The van der Waals surface area contributed by atoms with Gasteiger partial charge in [0.1, 0.15) is 6.10 Å². The van der Waals surface area contributed by atoms with Crippen LogP contribution in [-0.4, -0.2) is 48.3 Å². The van der Waals surface area contributed by atoms with E-state index in [1.807, 2.05) is 14.0 Å². The maximum absolute atomic E-state index is 6.01. The lowest BCUT2D eigenvalue weighted by atomic mass is 10.2. The van der Waals surface area contributed by atoms with Crippen LogP contribution in [0.2, 0.25) is 0 Å². The molecule has 4 N–H and O–H groups in total. The van der Waals surface area contributed by atoms with Crippen LogP contribution in [0.1, 0.15) is 20.3 Å². The summed E-state index contributed by atoms with van der Waals surface area (Å²) in [6.07, 6.45) is 1.17. The van der Waals surface area contributed by atoms with Crippen molar-refractivity contribution in [3.8, 4) is 5.75 Å². The fraction of sp³-hybridized carbons (Fsp3) is 0.692. The second-order valence-electron chi connectivity index (χ2n) is 5.56. The van der Waals surface area contributed by atoms with Crippen LogP contribution in [0.25, 0.3) is 0 Å². The van der Waals surface area contributed by atoms with Gasteiger partial charge in [0, 0.05) is 19.1 Å². The maximum Gasteiger partial charge on any atom is 0.224 e. The van der Waals surface area contributed by atoms with Crippen LogP contribution in [0.15, 0.2) is 0 Å². The molecule has 7 heteroatoms. The van der Waals surface area contributed by atoms with E-state index in [0.717, 1.165) is 31.1 Å². The van der Waals surface area contributed by atoms with E-state index in [-0.39, 0.29) is 18.1 Å². The largest absolute Gasteiger partial charge is 0.481 e. The normalized spacial score (nSPS) is 28.8. The molecule has 1 aromatic rings. The molecule has 110 valence electrons. The zero-order valence-corrected chi connectivity index (χ0v) is 12.2. The number of nitrogens with zero attached hydrogens (tertiary/aromatic N) is 3. The summed E-state index contributed by atoms with van der Waals surface area (Å²) in [5.74, 6) is 2.51. The summed E-state index contributed by atoms with van der Waals surface area (Å²) in [4.78, 5) is 10.9. The molecular formula is C13H22N6O. The summed E-state index contributed by atoms with van der Waals surface area (Å²) < 4.78 is 6.01. The quantitative estimate of drug-likeness (QED) is 0.723. The molecule has 0 unspecified atom stereocenters. The molecule has 0 saturated carbocycles. The van der Waals surface area contributed by atoms with E-state index >= 15 is 0 Å². The summed E-state index contributed by atoms with van der Waals surface area (Å²) in [7, 11) is 1.99. The number of nitrogen functional groups attached to an aromatic ring is 1. The molecule has 1 aromatic heterocycles. The summed E-state index contributed by atoms with van der Waals surface area (Å²) in [5, 5.41) is 6.64. The van der Waals surface area contributed by atoms with Crippen molar-refractivity contribution in [3.63, 3.8) is 0 Å². The fourth-order valence-corrected chi connectivity index (χ4v) is 2.69. The van der Waals surface area contributed by atoms with Crippen molar-refractivity contribution in [2.24, 2.45) is 0 Å². The van der Waals surface area contributed by atoms with Gasteiger partial charge in [0.05, 0.1) is 6.04 Å². The first-order valence-corrected chi connectivity index (χ1v) is 7.11. The Labute approximate surface area is 118 Å². The third-order valence-electron chi connectivity index (χ3n) is 4.13. The van der Waals surface area contributed by atoms with E-state index in [1.165, 1.54) is 0 Å². The van der Waals surface area contributed by atoms with E-state index in [2.05, 4.69) is 32.4 Å². The van der Waals surface area contributed by atoms with Crippen LogP contribution in [0.5, 0.6) is 5.75 Å². The summed E-state index contributed by atoms with van der Waals surface area (Å²) in [6, 6.07) is 0.683. The van der Waals surface area contributed by atoms with Crippen LogP contribution in [0.3, 0.4) is 0 Å². The van der Waals surface area contributed by atoms with Crippen LogP contribution in [-0.2, 0) is 0 Å². The Morgan fingerprint density at radius 2 is 2.20 bits per heavy atom. The molecule has 1 saturated heterocycles. The van der Waals surface area contributed by atoms with Crippen molar-refractivity contribution in [2.75, 3.05) is 36.1 Å². The number of ether oxygens (including phenoxy) is 1. The number of fused-ring (bicyclic) bond motifs is 1. The zero-order chi connectivity index (χ0) is 14.3. The van der Waals surface area contributed by atoms with Gasteiger partial charge in [-0.1, -0.05) is 0 Å². The monoisotopic (exact) mass is 278 g/mol. The van der Waals surface area contributed by atoms with Crippen molar-refractivity contribution >= 4 is 17.6 Å². The van der Waals surface area contributed by atoms with E-state index in [4.69, 9.17) is 10.5 Å². The number of rotatable bonds is 2. The lowest BCUT2D eigenvalue weighted by Gasteiger charge is -2.32. The molecule has 0 bridgehead atoms. The average Bonchev–Trinajstić information content (AvgIpc) is 2.88. The second-order valence-corrected chi connectivity index (χ2v) is 5.56. The molecule has 3 heterocycles. The molecule has 20 heavy (non-hydrogen) atoms. The molecule has 3 rings (SSSR count). The molecule has 3 atom stereocenters. The molecule has 0 radical (unpaired) electrons. The first kappa shape index (κ1) is 13.2. The lowest BCUT2D eigenvalue weighted by Crippen LogP contribution is -2.39. The van der Waals surface area contributed by atoms with Gasteiger partial charge in [0.2, 0.25) is 11.7 Å². The Hall–Kier alpha value is -1.76. The predicted molar refractivity (Wildman–Crippen MR) is 79.3 cm³/mol. The van der Waals surface area contributed by atoms with Gasteiger partial charge < -0.3 is 26.0 Å². The highest BCUT2D eigenvalue weighted by Crippen LogP contribution is 2.39. The zero-order valence-electron chi connectivity index (χ0n) is 12.2. The van der Waals surface area contributed by atoms with Crippen molar-refractivity contribution in [2.45, 2.75) is 38.5 Å². The Bertz CT molecular complexity index is 508. The Balaban J connectivity index is 1.95. The van der Waals surface area contributed by atoms with Crippen molar-refractivity contribution in [1.29, 1.82) is 0 Å². The van der Waals surface area contributed by atoms with Gasteiger partial charge in [-0.3, -0.25) is 0 Å². The van der Waals surface area contributed by atoms with Gasteiger partial charge in [0.25, 0.3) is 0 Å². The van der Waals surface area contributed by atoms with Crippen LogP contribution >= 0.6 is 0 Å². The average molecular weight is 278 g/mol. The molecule has 0 spiro atoms. The van der Waals surface area contributed by atoms with Crippen LogP contribution in [0.4, 0.5) is 17.6 Å². The Kier molecular flexibility index (Phi) is 3.29. The first-order chi connectivity index (χ1) is 9.58. The van der Waals surface area contributed by atoms with Gasteiger partial charge >= 0.3 is 0 Å². The van der Waals surface area contributed by atoms with E-state index in [1.54, 1.807) is 0 Å². The summed E-state index contributed by atoms with van der Waals surface area (Å²) in [6.45, 7) is 5.97. The van der Waals surface area contributed by atoms with Gasteiger partial charge in [-0.2, -0.15) is 9.97 Å². The number of nitrogens with two attached hydrogens (primary N) is 1. The number of hydrogen-bond acceptors (Lipinski definition) is 7. The maximum atomic E-state index is 6.01. The molecule has 0 amide bonds. The van der Waals surface area contributed by atoms with E-state index in [9.17, 15) is 0 Å². The molecule has 0 aromatic carbocycles. The second kappa shape index (κ2) is 4.97. The molecular weight excluding hydrogens is 256 g/mol. The third kappa shape index (κ3) is 2.22. The van der Waals surface area contributed by atoms with Crippen molar-refractivity contribution in [3.05, 3.63) is 0 Å². The topological polar surface area (TPSA) is 88.3 Å². The highest BCUT2D eigenvalue weighted by atomic mass is 16.5. The molecule has 2 aliphatic heterocycles. The number of nitrogens with one attached hydrogen (secondary N) is 2. The molecule has 2 aliphatic rings. The molecule has 7 nitrogen and oxygen atoms in total. The predicted octanol–water partition coefficient (Wildman–Crippen LogP) is 0.438. The van der Waals surface area contributed by atoms with Crippen molar-refractivity contribution in [1.82, 2.24) is 15.3 Å². The van der Waals surface area contributed by atoms with E-state index in [0.29, 0.717) is 11.9 Å². The minimum atomic E-state index is 0.0798. The minimum Gasteiger partial charge on any atom is -0.481 e. The third-order valence-corrected chi connectivity index (χ3v) is 4.13. The Morgan fingerprint density at radius 1 is 1.40 bits per heavy atom. The van der Waals surface area contributed by atoms with Gasteiger partial charge in [-0.15, -0.1) is 0 Å². The highest BCUT2D eigenvalue weighted by molar-refractivity contribution is 5.69. The standard InChI is InChI=1S/C13H22N6O/c1-7-8(2)20-10-11(16-7)17-13(14)18-12(10)19-5-4-9(6-19)15-3/h7-9,15H,4-6H2,1-3H3,(H3,14,16,17,18)/t7-,8-,9-/m1/s1. The van der Waals surface area contributed by atoms with E-state index < -0.39 is 0 Å². The Morgan fingerprint density at radius 3 is 2.90 bits per heavy atom. The fourth-order valence-electron chi connectivity index (χ4n) is 2.69. The highest BCUT2D eigenvalue weighted by Gasteiger charge is 2.32. The lowest BCUT2D eigenvalue weighted by molar-refractivity contribution is 0.192. The number of hydrogen-bond donors (Lipinski definition) is 3. The number of anilines is 3. The number of aromatic nitrogens is 2. The van der Waals surface area contributed by atoms with Crippen LogP contribution in [0, 0.1) is 0 Å². The summed E-state index contributed by atoms with van der Waals surface area (Å²) >= 11 is 0. The summed E-state index contributed by atoms with van der Waals surface area (Å²) in [5.41, 5.74) is 5.84. The van der Waals surface area contributed by atoms with Crippen LogP contribution < -0.4 is 26.0 Å². The SMILES string of the molecule is CN[C@@H]1CCN(c2nc(N)nc3c2O[C@H](C)[C@@H](C)N3)C1. The van der Waals surface area contributed by atoms with Crippen molar-refractivity contribution < 1.29 is 4.74 Å². The number of likely N-dealkylation sites (N-methyl/N-ethyl adjacent to an activating group) is 1. The van der Waals surface area contributed by atoms with Gasteiger partial charge in [-0.05, 0) is 27.3 Å². The molecule has 1 fully saturated rings. The minimum absolute atomic E-state index is 0.0798. The first-order valence-electron chi connectivity index (χ1n) is 7.11. The smallest absolute Gasteiger partial charge is 0.224 e. The van der Waals surface area contributed by atoms with Gasteiger partial charge in [0.15, 0.2) is 11.6 Å². The molecule has 0 aliphatic carbocycles.